The van der Waals surface area contributed by atoms with Gasteiger partial charge in [-0.1, -0.05) is 200 Å². The van der Waals surface area contributed by atoms with E-state index in [4.69, 9.17) is 0 Å². The van der Waals surface area contributed by atoms with Crippen molar-refractivity contribution in [1.82, 2.24) is 9.13 Å². The normalized spacial score (nSPS) is 11.5. The summed E-state index contributed by atoms with van der Waals surface area (Å²) in [7, 11) is 0. The van der Waals surface area contributed by atoms with Gasteiger partial charge in [0, 0.05) is 44.2 Å². The van der Waals surface area contributed by atoms with Crippen LogP contribution in [0.25, 0.3) is 99.5 Å². The summed E-state index contributed by atoms with van der Waals surface area (Å²) in [5.41, 5.74) is 19.5. The maximum atomic E-state index is 2.53. The molecule has 0 saturated heterocycles. The molecular weight excluding hydrogens is 835 g/mol. The molecule has 0 aliphatic carbocycles. The first-order valence-electron chi connectivity index (χ1n) is 23.7. The summed E-state index contributed by atoms with van der Waals surface area (Å²) in [4.78, 5) is 2.53. The van der Waals surface area contributed by atoms with E-state index in [9.17, 15) is 0 Å². The summed E-state index contributed by atoms with van der Waals surface area (Å²) < 4.78 is 4.82. The molecule has 3 heteroatoms. The van der Waals surface area contributed by atoms with Gasteiger partial charge in [0.15, 0.2) is 0 Å². The van der Waals surface area contributed by atoms with Crippen molar-refractivity contribution in [2.45, 2.75) is 0 Å². The summed E-state index contributed by atoms with van der Waals surface area (Å²) in [6.45, 7) is 0. The first kappa shape index (κ1) is 40.1. The van der Waals surface area contributed by atoms with E-state index >= 15 is 0 Å². The zero-order chi connectivity index (χ0) is 45.7. The SMILES string of the molecule is c1ccc(-c2ccccc2-c2c(-c3ccccc3)cccc2N(c2cccc(-c3cccc4c3c3ccccc3n4-c3ccccc3)c2)c2cccc3c2c2ccccc2n3-c2ccccc2)cc1. The molecule has 0 aliphatic heterocycles. The van der Waals surface area contributed by atoms with Crippen LogP contribution in [0, 0.1) is 0 Å². The molecule has 0 bridgehead atoms. The van der Waals surface area contributed by atoms with Crippen LogP contribution in [-0.4, -0.2) is 9.13 Å². The quantitative estimate of drug-likeness (QED) is 0.141. The molecule has 69 heavy (non-hydrogen) atoms. The zero-order valence-electron chi connectivity index (χ0n) is 37.8. The summed E-state index contributed by atoms with van der Waals surface area (Å²) in [5.74, 6) is 0. The van der Waals surface area contributed by atoms with Gasteiger partial charge in [-0.3, -0.25) is 0 Å². The van der Waals surface area contributed by atoms with Crippen LogP contribution in [-0.2, 0) is 0 Å². The number of fused-ring (bicyclic) bond motifs is 6. The van der Waals surface area contributed by atoms with E-state index in [2.05, 4.69) is 287 Å². The van der Waals surface area contributed by atoms with Gasteiger partial charge in [0.05, 0.1) is 33.4 Å². The molecule has 0 radical (unpaired) electrons. The highest BCUT2D eigenvalue weighted by molar-refractivity contribution is 6.18. The van der Waals surface area contributed by atoms with E-state index < -0.39 is 0 Å². The largest absolute Gasteiger partial charge is 0.309 e. The van der Waals surface area contributed by atoms with E-state index in [-0.39, 0.29) is 0 Å². The van der Waals surface area contributed by atoms with Crippen molar-refractivity contribution in [1.29, 1.82) is 0 Å². The molecule has 0 spiro atoms. The van der Waals surface area contributed by atoms with Crippen LogP contribution in [0.15, 0.2) is 273 Å². The van der Waals surface area contributed by atoms with E-state index in [0.717, 1.165) is 67.3 Å². The maximum Gasteiger partial charge on any atom is 0.0562 e. The van der Waals surface area contributed by atoms with Crippen molar-refractivity contribution in [3.63, 3.8) is 0 Å². The summed E-state index contributed by atoms with van der Waals surface area (Å²) in [6.07, 6.45) is 0. The van der Waals surface area contributed by atoms with Gasteiger partial charge in [-0.2, -0.15) is 0 Å². The second-order valence-corrected chi connectivity index (χ2v) is 17.6. The predicted octanol–water partition coefficient (Wildman–Crippen LogP) is 18.0. The monoisotopic (exact) mass is 879 g/mol. The number of hydrogen-bond donors (Lipinski definition) is 0. The van der Waals surface area contributed by atoms with E-state index in [1.165, 1.54) is 49.3 Å². The number of rotatable bonds is 9. The Bertz CT molecular complexity index is 4000. The molecule has 11 aromatic carbocycles. The van der Waals surface area contributed by atoms with Gasteiger partial charge in [0.25, 0.3) is 0 Å². The Kier molecular flexibility index (Phi) is 9.84. The lowest BCUT2D eigenvalue weighted by Crippen LogP contribution is -2.12. The van der Waals surface area contributed by atoms with Crippen molar-refractivity contribution in [2.75, 3.05) is 4.90 Å². The fourth-order valence-electron chi connectivity index (χ4n) is 10.8. The first-order chi connectivity index (χ1) is 34.3. The predicted molar refractivity (Wildman–Crippen MR) is 292 cm³/mol. The lowest BCUT2D eigenvalue weighted by atomic mass is 9.87. The average molecular weight is 880 g/mol. The fourth-order valence-corrected chi connectivity index (χ4v) is 10.8. The maximum absolute atomic E-state index is 2.53. The van der Waals surface area contributed by atoms with Crippen LogP contribution in [0.2, 0.25) is 0 Å². The van der Waals surface area contributed by atoms with Gasteiger partial charge in [0.1, 0.15) is 0 Å². The molecule has 0 saturated carbocycles. The highest BCUT2D eigenvalue weighted by Crippen LogP contribution is 2.51. The molecule has 13 aromatic rings. The minimum absolute atomic E-state index is 1.06. The first-order valence-corrected chi connectivity index (χ1v) is 23.7. The second kappa shape index (κ2) is 16.9. The molecule has 13 rings (SSSR count). The number of anilines is 3. The van der Waals surface area contributed by atoms with Crippen molar-refractivity contribution < 1.29 is 0 Å². The topological polar surface area (TPSA) is 13.1 Å². The molecular formula is C66H45N3. The highest BCUT2D eigenvalue weighted by atomic mass is 15.2. The molecule has 3 nitrogen and oxygen atoms in total. The van der Waals surface area contributed by atoms with E-state index in [0.29, 0.717) is 0 Å². The highest BCUT2D eigenvalue weighted by Gasteiger charge is 2.27. The number of benzene rings is 11. The molecule has 2 aromatic heterocycles. The Morgan fingerprint density at radius 1 is 0.261 bits per heavy atom. The van der Waals surface area contributed by atoms with Crippen LogP contribution in [0.1, 0.15) is 0 Å². The Labute approximate surface area is 401 Å². The third-order valence-corrected chi connectivity index (χ3v) is 13.7. The molecule has 2 heterocycles. The van der Waals surface area contributed by atoms with Gasteiger partial charge in [-0.05, 0) is 112 Å². The third kappa shape index (κ3) is 6.74. The standard InChI is InChI=1S/C66H45N3/c1-5-23-46(24-6-1)52-33-13-14-34-55(52)64-53(47-25-7-2-8-26-47)37-20-41-60(64)69(63-44-22-43-62-66(63)57-36-16-18-40-59(57)68(62)50-30-11-4-12-31-50)51-32-19-27-48(45-51)54-38-21-42-61-65(54)56-35-15-17-39-58(56)67(61)49-28-9-3-10-29-49/h1-45H. The number of nitrogens with zero attached hydrogens (tertiary/aromatic N) is 3. The average Bonchev–Trinajstić information content (AvgIpc) is 3.96. The van der Waals surface area contributed by atoms with Gasteiger partial charge in [0.2, 0.25) is 0 Å². The lowest BCUT2D eigenvalue weighted by Gasteiger charge is -2.31. The summed E-state index contributed by atoms with van der Waals surface area (Å²) in [6, 6.07) is 99.3. The third-order valence-electron chi connectivity index (χ3n) is 13.7. The summed E-state index contributed by atoms with van der Waals surface area (Å²) >= 11 is 0. The van der Waals surface area contributed by atoms with Crippen LogP contribution >= 0.6 is 0 Å². The van der Waals surface area contributed by atoms with Crippen molar-refractivity contribution >= 4 is 60.7 Å². The van der Waals surface area contributed by atoms with E-state index in [1.807, 2.05) is 0 Å². The van der Waals surface area contributed by atoms with Gasteiger partial charge >= 0.3 is 0 Å². The Morgan fingerprint density at radius 3 is 1.33 bits per heavy atom. The minimum Gasteiger partial charge on any atom is -0.309 e. The molecule has 0 N–H and O–H groups in total. The molecule has 0 atom stereocenters. The smallest absolute Gasteiger partial charge is 0.0562 e. The molecule has 324 valence electrons. The van der Waals surface area contributed by atoms with Crippen molar-refractivity contribution in [3.05, 3.63) is 273 Å². The lowest BCUT2D eigenvalue weighted by molar-refractivity contribution is 1.18. The Hall–Kier alpha value is -9.18. The van der Waals surface area contributed by atoms with Crippen LogP contribution in [0.4, 0.5) is 17.1 Å². The number of para-hydroxylation sites is 4. The van der Waals surface area contributed by atoms with Gasteiger partial charge < -0.3 is 14.0 Å². The molecule has 0 amide bonds. The Morgan fingerprint density at radius 2 is 0.681 bits per heavy atom. The second-order valence-electron chi connectivity index (χ2n) is 17.6. The van der Waals surface area contributed by atoms with Crippen LogP contribution in [0.5, 0.6) is 0 Å². The zero-order valence-corrected chi connectivity index (χ0v) is 37.8. The van der Waals surface area contributed by atoms with Crippen LogP contribution < -0.4 is 4.90 Å². The summed E-state index contributed by atoms with van der Waals surface area (Å²) in [5, 5.41) is 4.83. The minimum atomic E-state index is 1.06. The number of hydrogen-bond acceptors (Lipinski definition) is 1. The van der Waals surface area contributed by atoms with E-state index in [1.54, 1.807) is 0 Å². The van der Waals surface area contributed by atoms with Gasteiger partial charge in [-0.15, -0.1) is 0 Å². The van der Waals surface area contributed by atoms with Crippen LogP contribution in [0.3, 0.4) is 0 Å². The molecule has 0 unspecified atom stereocenters. The van der Waals surface area contributed by atoms with Gasteiger partial charge in [-0.25, -0.2) is 0 Å². The fraction of sp³-hybridized carbons (Fsp3) is 0. The van der Waals surface area contributed by atoms with Crippen molar-refractivity contribution in [2.24, 2.45) is 0 Å². The molecule has 0 aliphatic rings. The molecule has 0 fully saturated rings. The number of aromatic nitrogens is 2. The van der Waals surface area contributed by atoms with Crippen molar-refractivity contribution in [3.8, 4) is 55.9 Å². The Balaban J connectivity index is 1.13.